The number of nitrogens with one attached hydrogen (secondary N) is 2. The predicted molar refractivity (Wildman–Crippen MR) is 141 cm³/mol. The van der Waals surface area contributed by atoms with Crippen molar-refractivity contribution >= 4 is 54.6 Å². The number of esters is 1. The molecular weight excluding hydrogens is 554 g/mol. The lowest BCUT2D eigenvalue weighted by molar-refractivity contribution is -0.123. The van der Waals surface area contributed by atoms with Gasteiger partial charge in [-0.1, -0.05) is 6.07 Å². The van der Waals surface area contributed by atoms with Crippen molar-refractivity contribution in [3.05, 3.63) is 71.6 Å². The van der Waals surface area contributed by atoms with Gasteiger partial charge in [-0.3, -0.25) is 9.52 Å². The minimum Gasteiger partial charge on any atom is -0.449 e. The number of morpholine rings is 1. The number of nitrogens with zero attached hydrogens (tertiary/aromatic N) is 1. The summed E-state index contributed by atoms with van der Waals surface area (Å²) in [5, 5.41) is 4.23. The lowest BCUT2D eigenvalue weighted by Crippen LogP contribution is -2.40. The first-order valence-electron chi connectivity index (χ1n) is 11.4. The van der Waals surface area contributed by atoms with Crippen LogP contribution in [0.3, 0.4) is 0 Å². The van der Waals surface area contributed by atoms with Gasteiger partial charge >= 0.3 is 5.97 Å². The third-order valence-electron chi connectivity index (χ3n) is 5.52. The number of carbonyl (C=O) groups excluding carboxylic acids is 2. The maximum absolute atomic E-state index is 12.7. The van der Waals surface area contributed by atoms with E-state index in [1.165, 1.54) is 65.8 Å². The van der Waals surface area contributed by atoms with Gasteiger partial charge < -0.3 is 14.8 Å². The first kappa shape index (κ1) is 27.7. The molecule has 1 atom stereocenters. The molecule has 202 valence electrons. The molecule has 1 fully saturated rings. The zero-order chi connectivity index (χ0) is 27.3. The van der Waals surface area contributed by atoms with Crippen molar-refractivity contribution in [1.82, 2.24) is 4.31 Å². The van der Waals surface area contributed by atoms with Gasteiger partial charge in [-0.2, -0.15) is 4.31 Å². The van der Waals surface area contributed by atoms with Crippen molar-refractivity contribution < 1.29 is 35.9 Å². The molecule has 1 amide bonds. The molecule has 0 aliphatic carbocycles. The predicted octanol–water partition coefficient (Wildman–Crippen LogP) is 2.75. The van der Waals surface area contributed by atoms with E-state index in [0.29, 0.717) is 18.9 Å². The van der Waals surface area contributed by atoms with Crippen LogP contribution in [-0.2, 0) is 34.3 Å². The Morgan fingerprint density at radius 2 is 1.58 bits per heavy atom. The molecule has 0 radical (unpaired) electrons. The number of amides is 1. The van der Waals surface area contributed by atoms with Crippen LogP contribution in [0.5, 0.6) is 0 Å². The minimum atomic E-state index is -3.72. The zero-order valence-corrected chi connectivity index (χ0v) is 22.6. The highest BCUT2D eigenvalue weighted by Crippen LogP contribution is 2.22. The molecule has 14 heteroatoms. The first-order valence-corrected chi connectivity index (χ1v) is 15.2. The smallest absolute Gasteiger partial charge is 0.338 e. The van der Waals surface area contributed by atoms with Gasteiger partial charge in [0.05, 0.1) is 23.7 Å². The van der Waals surface area contributed by atoms with Crippen LogP contribution in [0.15, 0.2) is 75.1 Å². The van der Waals surface area contributed by atoms with Gasteiger partial charge in [-0.25, -0.2) is 21.6 Å². The number of rotatable bonds is 9. The average molecular weight is 580 g/mol. The number of hydrogen-bond donors (Lipinski definition) is 2. The monoisotopic (exact) mass is 579 g/mol. The second-order valence-electron chi connectivity index (χ2n) is 8.19. The first-order chi connectivity index (χ1) is 18.1. The average Bonchev–Trinajstić information content (AvgIpc) is 3.46. The second kappa shape index (κ2) is 11.6. The molecule has 2 heterocycles. The minimum absolute atomic E-state index is 0.0954. The van der Waals surface area contributed by atoms with Gasteiger partial charge in [-0.15, -0.1) is 11.3 Å². The molecule has 0 saturated carbocycles. The van der Waals surface area contributed by atoms with Gasteiger partial charge in [0.2, 0.25) is 10.0 Å². The van der Waals surface area contributed by atoms with E-state index in [9.17, 15) is 26.4 Å². The maximum Gasteiger partial charge on any atom is 0.338 e. The number of sulfonamides is 2. The van der Waals surface area contributed by atoms with Crippen molar-refractivity contribution in [1.29, 1.82) is 0 Å². The van der Waals surface area contributed by atoms with Crippen molar-refractivity contribution in [2.45, 2.75) is 22.1 Å². The van der Waals surface area contributed by atoms with E-state index in [0.717, 1.165) is 11.3 Å². The quantitative estimate of drug-likeness (QED) is 0.368. The molecule has 0 bridgehead atoms. The normalized spacial score (nSPS) is 15.4. The van der Waals surface area contributed by atoms with Crippen LogP contribution in [-0.4, -0.2) is 65.4 Å². The largest absolute Gasteiger partial charge is 0.449 e. The highest BCUT2D eigenvalue weighted by Gasteiger charge is 2.26. The van der Waals surface area contributed by atoms with Crippen molar-refractivity contribution in [2.24, 2.45) is 0 Å². The van der Waals surface area contributed by atoms with Gasteiger partial charge in [-0.05, 0) is 66.9 Å². The second-order valence-corrected chi connectivity index (χ2v) is 13.0. The molecule has 1 aromatic heterocycles. The Kier molecular flexibility index (Phi) is 8.47. The molecule has 1 saturated heterocycles. The van der Waals surface area contributed by atoms with E-state index in [2.05, 4.69) is 10.0 Å². The third-order valence-corrected chi connectivity index (χ3v) is 10.2. The molecule has 3 aromatic rings. The summed E-state index contributed by atoms with van der Waals surface area (Å²) in [4.78, 5) is 25.1. The molecule has 1 aliphatic rings. The van der Waals surface area contributed by atoms with Crippen molar-refractivity contribution in [2.75, 3.05) is 36.3 Å². The van der Waals surface area contributed by atoms with Crippen LogP contribution in [0.1, 0.15) is 17.3 Å². The van der Waals surface area contributed by atoms with Gasteiger partial charge in [0.1, 0.15) is 4.21 Å². The Labute approximate surface area is 224 Å². The fourth-order valence-electron chi connectivity index (χ4n) is 3.47. The summed E-state index contributed by atoms with van der Waals surface area (Å²) in [7, 11) is -7.38. The molecule has 0 spiro atoms. The summed E-state index contributed by atoms with van der Waals surface area (Å²) >= 11 is 1.08. The van der Waals surface area contributed by atoms with E-state index in [1.54, 1.807) is 11.4 Å². The van der Waals surface area contributed by atoms with Gasteiger partial charge in [0, 0.05) is 24.5 Å². The topological polar surface area (TPSA) is 148 Å². The van der Waals surface area contributed by atoms with E-state index in [-0.39, 0.29) is 33.4 Å². The third kappa shape index (κ3) is 6.57. The lowest BCUT2D eigenvalue weighted by Gasteiger charge is -2.26. The fourth-order valence-corrected chi connectivity index (χ4v) is 6.93. The lowest BCUT2D eigenvalue weighted by atomic mass is 10.2. The molecular formula is C24H25N3O8S3. The highest BCUT2D eigenvalue weighted by atomic mass is 32.2. The van der Waals surface area contributed by atoms with Crippen LogP contribution >= 0.6 is 11.3 Å². The SMILES string of the molecule is C[C@@H](OC(=O)c1ccc(NS(=O)(=O)c2cccs2)cc1)C(=O)Nc1ccc(S(=O)(=O)N2CCOCC2)cc1. The number of anilines is 2. The standard InChI is InChI=1S/C24H25N3O8S3/c1-17(23(28)25-19-8-10-21(11-9-19)38(32,33)27-12-14-34-15-13-27)35-24(29)18-4-6-20(7-5-18)26-37(30,31)22-3-2-16-36-22/h2-11,16-17,26H,12-15H2,1H3,(H,25,28)/t17-/m1/s1. The number of carbonyl (C=O) groups is 2. The number of hydrogen-bond acceptors (Lipinski definition) is 9. The van der Waals surface area contributed by atoms with E-state index in [1.807, 2.05) is 0 Å². The Morgan fingerprint density at radius 3 is 2.18 bits per heavy atom. The molecule has 11 nitrogen and oxygen atoms in total. The summed E-state index contributed by atoms with van der Waals surface area (Å²) in [5.74, 6) is -1.38. The van der Waals surface area contributed by atoms with Crippen LogP contribution in [0.25, 0.3) is 0 Å². The number of ether oxygens (including phenoxy) is 2. The summed E-state index contributed by atoms with van der Waals surface area (Å²) in [5.41, 5.74) is 0.724. The number of thiophene rings is 1. The molecule has 4 rings (SSSR count). The molecule has 0 unspecified atom stereocenters. The Bertz CT molecular complexity index is 1480. The number of benzene rings is 2. The van der Waals surface area contributed by atoms with E-state index < -0.39 is 38.0 Å². The van der Waals surface area contributed by atoms with Crippen LogP contribution in [0.2, 0.25) is 0 Å². The van der Waals surface area contributed by atoms with Crippen LogP contribution < -0.4 is 10.0 Å². The highest BCUT2D eigenvalue weighted by molar-refractivity contribution is 7.94. The summed E-state index contributed by atoms with van der Waals surface area (Å²) in [6, 6.07) is 14.4. The molecule has 38 heavy (non-hydrogen) atoms. The van der Waals surface area contributed by atoms with Crippen LogP contribution in [0, 0.1) is 0 Å². The molecule has 1 aliphatic heterocycles. The zero-order valence-electron chi connectivity index (χ0n) is 20.2. The summed E-state index contributed by atoms with van der Waals surface area (Å²) in [6.07, 6.45) is -1.16. The maximum atomic E-state index is 12.7. The Balaban J connectivity index is 1.32. The fraction of sp³-hybridized carbons (Fsp3) is 0.250. The van der Waals surface area contributed by atoms with Gasteiger partial charge in [0.15, 0.2) is 6.10 Å². The van der Waals surface area contributed by atoms with Crippen molar-refractivity contribution in [3.8, 4) is 0 Å². The van der Waals surface area contributed by atoms with E-state index >= 15 is 0 Å². The molecule has 2 aromatic carbocycles. The summed E-state index contributed by atoms with van der Waals surface area (Å²) in [6.45, 7) is 2.62. The molecule has 2 N–H and O–H groups in total. The van der Waals surface area contributed by atoms with Gasteiger partial charge in [0.25, 0.3) is 15.9 Å². The Morgan fingerprint density at radius 1 is 0.947 bits per heavy atom. The van der Waals surface area contributed by atoms with Crippen LogP contribution in [0.4, 0.5) is 11.4 Å². The van der Waals surface area contributed by atoms with Crippen molar-refractivity contribution in [3.63, 3.8) is 0 Å². The summed E-state index contributed by atoms with van der Waals surface area (Å²) < 4.78 is 64.4. The Hall–Kier alpha value is -3.30. The van der Waals surface area contributed by atoms with E-state index in [4.69, 9.17) is 9.47 Å².